The van der Waals surface area contributed by atoms with Crippen LogP contribution in [0.4, 0.5) is 4.39 Å². The number of nitrogens with zero attached hydrogens (tertiary/aromatic N) is 5. The Bertz CT molecular complexity index is 1710. The molecule has 0 fully saturated rings. The third-order valence-corrected chi connectivity index (χ3v) is 7.30. The summed E-state index contributed by atoms with van der Waals surface area (Å²) in [4.78, 5) is 18.5. The number of aromatic nitrogens is 5. The molecule has 0 aliphatic rings. The van der Waals surface area contributed by atoms with Crippen LogP contribution >= 0.6 is 0 Å². The predicted molar refractivity (Wildman–Crippen MR) is 155 cm³/mol. The van der Waals surface area contributed by atoms with Crippen molar-refractivity contribution in [3.63, 3.8) is 0 Å². The molecule has 10 heteroatoms. The van der Waals surface area contributed by atoms with Crippen LogP contribution in [0.5, 0.6) is 11.5 Å². The Hall–Kier alpha value is -4.57. The highest BCUT2D eigenvalue weighted by atomic mass is 19.1. The lowest BCUT2D eigenvalue weighted by Gasteiger charge is -2.22. The molecule has 0 bridgehead atoms. The zero-order chi connectivity index (χ0) is 28.9. The molecule has 2 aromatic heterocycles. The number of H-pyrrole nitrogens is 1. The molecule has 0 aliphatic carbocycles. The maximum atomic E-state index is 13.4. The maximum absolute atomic E-state index is 13.4. The van der Waals surface area contributed by atoms with E-state index < -0.39 is 0 Å². The van der Waals surface area contributed by atoms with E-state index in [1.165, 1.54) is 12.1 Å². The van der Waals surface area contributed by atoms with Gasteiger partial charge < -0.3 is 14.5 Å². The fourth-order valence-electron chi connectivity index (χ4n) is 4.94. The number of hydrogen-bond donors (Lipinski definition) is 1. The Labute approximate surface area is 237 Å². The second-order valence-corrected chi connectivity index (χ2v) is 10.1. The van der Waals surface area contributed by atoms with E-state index in [2.05, 4.69) is 31.5 Å². The van der Waals surface area contributed by atoms with Gasteiger partial charge in [0.15, 0.2) is 17.3 Å². The van der Waals surface area contributed by atoms with Gasteiger partial charge in [-0.25, -0.2) is 9.07 Å². The molecule has 5 aromatic rings. The highest BCUT2D eigenvalue weighted by Gasteiger charge is 2.17. The Morgan fingerprint density at radius 3 is 2.39 bits per heavy atom. The number of methoxy groups -OCH3 is 2. The summed E-state index contributed by atoms with van der Waals surface area (Å²) in [5.41, 5.74) is 5.48. The van der Waals surface area contributed by atoms with Crippen molar-refractivity contribution >= 4 is 10.9 Å². The quantitative estimate of drug-likeness (QED) is 0.254. The average Bonchev–Trinajstić information content (AvgIpc) is 3.41. The lowest BCUT2D eigenvalue weighted by atomic mass is 10.0. The largest absolute Gasteiger partial charge is 0.493 e. The van der Waals surface area contributed by atoms with E-state index in [0.717, 1.165) is 33.2 Å². The minimum absolute atomic E-state index is 0.117. The summed E-state index contributed by atoms with van der Waals surface area (Å²) in [6.07, 6.45) is 0.698. The van der Waals surface area contributed by atoms with Crippen molar-refractivity contribution in [3.8, 4) is 11.5 Å². The van der Waals surface area contributed by atoms with Gasteiger partial charge in [0.25, 0.3) is 5.56 Å². The number of nitrogens with one attached hydrogen (secondary N) is 1. The zero-order valence-electron chi connectivity index (χ0n) is 23.6. The first-order valence-corrected chi connectivity index (χ1v) is 13.4. The van der Waals surface area contributed by atoms with Crippen LogP contribution in [0, 0.1) is 19.7 Å². The van der Waals surface area contributed by atoms with Crippen molar-refractivity contribution < 1.29 is 13.9 Å². The minimum atomic E-state index is -0.293. The smallest absolute Gasteiger partial charge is 0.252 e. The molecule has 0 aliphatic heterocycles. The maximum Gasteiger partial charge on any atom is 0.252 e. The molecule has 5 rings (SSSR count). The fourth-order valence-corrected chi connectivity index (χ4v) is 4.94. The van der Waals surface area contributed by atoms with Crippen molar-refractivity contribution in [1.29, 1.82) is 0 Å². The van der Waals surface area contributed by atoms with E-state index >= 15 is 0 Å². The van der Waals surface area contributed by atoms with Crippen LogP contribution in [0.2, 0.25) is 0 Å². The normalized spacial score (nSPS) is 11.4. The van der Waals surface area contributed by atoms with Gasteiger partial charge in [0.05, 0.1) is 32.8 Å². The van der Waals surface area contributed by atoms with Gasteiger partial charge in [0.2, 0.25) is 0 Å². The van der Waals surface area contributed by atoms with Crippen molar-refractivity contribution in [2.45, 2.75) is 39.9 Å². The topological polar surface area (TPSA) is 98.2 Å². The molecule has 0 unspecified atom stereocenters. The zero-order valence-corrected chi connectivity index (χ0v) is 23.6. The average molecular weight is 557 g/mol. The Morgan fingerprint density at radius 2 is 1.63 bits per heavy atom. The lowest BCUT2D eigenvalue weighted by Crippen LogP contribution is -2.30. The first kappa shape index (κ1) is 28.0. The van der Waals surface area contributed by atoms with Crippen LogP contribution in [0.1, 0.15) is 33.6 Å². The van der Waals surface area contributed by atoms with Crippen molar-refractivity contribution in [1.82, 2.24) is 30.1 Å². The first-order valence-electron chi connectivity index (χ1n) is 13.4. The number of ether oxygens (including phenoxy) is 2. The molecule has 0 amide bonds. The van der Waals surface area contributed by atoms with E-state index in [1.54, 1.807) is 31.0 Å². The number of rotatable bonds is 11. The monoisotopic (exact) mass is 556 g/mol. The molecule has 0 spiro atoms. The van der Waals surface area contributed by atoms with Crippen molar-refractivity contribution in [3.05, 3.63) is 110 Å². The summed E-state index contributed by atoms with van der Waals surface area (Å²) < 4.78 is 26.0. The third kappa shape index (κ3) is 6.44. The summed E-state index contributed by atoms with van der Waals surface area (Å²) in [5.74, 6) is 1.68. The standard InChI is InChI=1S/C31H33FN6O3/c1-20-5-6-21(2)30-26(20)16-24(31(39)33-30)18-37(14-13-22-9-12-27(40-3)28(15-22)41-4)19-29-34-35-36-38(29)17-23-7-10-25(32)11-8-23/h5-12,15-16H,13-14,17-19H2,1-4H3,(H,33,39). The van der Waals surface area contributed by atoms with Crippen LogP contribution in [-0.2, 0) is 26.1 Å². The molecule has 0 saturated heterocycles. The highest BCUT2D eigenvalue weighted by molar-refractivity contribution is 5.85. The number of fused-ring (bicyclic) bond motifs is 1. The summed E-state index contributed by atoms with van der Waals surface area (Å²) in [5, 5.41) is 13.4. The summed E-state index contributed by atoms with van der Waals surface area (Å²) in [6, 6.07) is 18.2. The highest BCUT2D eigenvalue weighted by Crippen LogP contribution is 2.28. The molecular formula is C31H33FN6O3. The summed E-state index contributed by atoms with van der Waals surface area (Å²) in [6.45, 7) is 5.88. The van der Waals surface area contributed by atoms with Gasteiger partial charge in [-0.15, -0.1) is 5.10 Å². The second-order valence-electron chi connectivity index (χ2n) is 10.1. The molecule has 0 saturated carbocycles. The number of tetrazole rings is 1. The van der Waals surface area contributed by atoms with Crippen molar-refractivity contribution in [2.75, 3.05) is 20.8 Å². The van der Waals surface area contributed by atoms with Gasteiger partial charge in [0, 0.05) is 24.0 Å². The molecule has 1 N–H and O–H groups in total. The van der Waals surface area contributed by atoms with Gasteiger partial charge in [-0.3, -0.25) is 9.69 Å². The van der Waals surface area contributed by atoms with E-state index in [9.17, 15) is 9.18 Å². The third-order valence-electron chi connectivity index (χ3n) is 7.30. The van der Waals surface area contributed by atoms with E-state index in [1.807, 2.05) is 44.2 Å². The predicted octanol–water partition coefficient (Wildman–Crippen LogP) is 4.58. The summed E-state index contributed by atoms with van der Waals surface area (Å²) in [7, 11) is 3.23. The summed E-state index contributed by atoms with van der Waals surface area (Å²) >= 11 is 0. The molecule has 3 aromatic carbocycles. The number of hydrogen-bond acceptors (Lipinski definition) is 7. The van der Waals surface area contributed by atoms with Crippen LogP contribution < -0.4 is 15.0 Å². The molecule has 0 radical (unpaired) electrons. The van der Waals surface area contributed by atoms with Crippen molar-refractivity contribution in [2.24, 2.45) is 0 Å². The SMILES string of the molecule is COc1ccc(CCN(Cc2cc3c(C)ccc(C)c3[nH]c2=O)Cc2nnnn2Cc2ccc(F)cc2)cc1OC. The Morgan fingerprint density at radius 1 is 0.902 bits per heavy atom. The van der Waals surface area contributed by atoms with Gasteiger partial charge in [0.1, 0.15) is 5.82 Å². The van der Waals surface area contributed by atoms with Crippen LogP contribution in [0.3, 0.4) is 0 Å². The number of aromatic amines is 1. The Kier molecular flexibility index (Phi) is 8.39. The molecule has 41 heavy (non-hydrogen) atoms. The first-order chi connectivity index (χ1) is 19.8. The van der Waals surface area contributed by atoms with Crippen LogP contribution in [0.25, 0.3) is 10.9 Å². The van der Waals surface area contributed by atoms with Crippen LogP contribution in [0.15, 0.2) is 65.5 Å². The van der Waals surface area contributed by atoms with Gasteiger partial charge >= 0.3 is 0 Å². The second kappa shape index (κ2) is 12.3. The van der Waals surface area contributed by atoms with E-state index in [4.69, 9.17) is 9.47 Å². The lowest BCUT2D eigenvalue weighted by molar-refractivity contribution is 0.247. The van der Waals surface area contributed by atoms with Gasteiger partial charge in [-0.2, -0.15) is 0 Å². The number of pyridine rings is 1. The molecule has 0 atom stereocenters. The number of benzene rings is 3. The van der Waals surface area contributed by atoms with Gasteiger partial charge in [-0.1, -0.05) is 30.3 Å². The van der Waals surface area contributed by atoms with E-state index in [-0.39, 0.29) is 11.4 Å². The molecular weight excluding hydrogens is 523 g/mol. The minimum Gasteiger partial charge on any atom is -0.493 e. The van der Waals surface area contributed by atoms with Gasteiger partial charge in [-0.05, 0) is 83.3 Å². The fraction of sp³-hybridized carbons (Fsp3) is 0.290. The van der Waals surface area contributed by atoms with E-state index in [0.29, 0.717) is 55.5 Å². The number of aryl methyl sites for hydroxylation is 2. The molecule has 9 nitrogen and oxygen atoms in total. The molecule has 212 valence electrons. The van der Waals surface area contributed by atoms with Crippen LogP contribution in [-0.4, -0.2) is 50.9 Å². The molecule has 2 heterocycles. The Balaban J connectivity index is 1.43. The number of halogens is 1.